The highest BCUT2D eigenvalue weighted by Crippen LogP contribution is 2.18. The van der Waals surface area contributed by atoms with Gasteiger partial charge in [0.1, 0.15) is 0 Å². The van der Waals surface area contributed by atoms with Gasteiger partial charge in [-0.15, -0.1) is 0 Å². The van der Waals surface area contributed by atoms with Crippen LogP contribution in [-0.4, -0.2) is 17.6 Å². The Hall–Kier alpha value is -1.09. The van der Waals surface area contributed by atoms with Crippen LogP contribution in [0.1, 0.15) is 33.4 Å². The number of rotatable bonds is 5. The van der Waals surface area contributed by atoms with Gasteiger partial charge in [0.15, 0.2) is 0 Å². The van der Waals surface area contributed by atoms with Crippen LogP contribution in [-0.2, 0) is 6.54 Å². The average Bonchev–Trinajstić information content (AvgIpc) is 2.25. The van der Waals surface area contributed by atoms with Crippen molar-refractivity contribution in [2.24, 2.45) is 11.7 Å². The molecule has 0 aromatic carbocycles. The van der Waals surface area contributed by atoms with Crippen molar-refractivity contribution in [1.82, 2.24) is 4.98 Å². The van der Waals surface area contributed by atoms with Crippen LogP contribution in [0.25, 0.3) is 0 Å². The molecule has 0 aliphatic heterocycles. The first kappa shape index (κ1) is 13.0. The molecular weight excluding hydrogens is 198 g/mol. The topological polar surface area (TPSA) is 42.2 Å². The Morgan fingerprint density at radius 1 is 1.31 bits per heavy atom. The second-order valence-corrected chi connectivity index (χ2v) is 4.85. The van der Waals surface area contributed by atoms with Crippen molar-refractivity contribution in [2.75, 3.05) is 11.4 Å². The molecule has 0 amide bonds. The molecule has 0 spiro atoms. The lowest BCUT2D eigenvalue weighted by atomic mass is 10.1. The largest absolute Gasteiger partial charge is 0.369 e. The van der Waals surface area contributed by atoms with Crippen molar-refractivity contribution >= 4 is 5.69 Å². The van der Waals surface area contributed by atoms with Crippen molar-refractivity contribution in [3.05, 3.63) is 24.0 Å². The highest BCUT2D eigenvalue weighted by Gasteiger charge is 2.12. The fraction of sp³-hybridized carbons (Fsp3) is 0.615. The molecular formula is C13H23N3. The Balaban J connectivity index is 2.91. The van der Waals surface area contributed by atoms with E-state index in [4.69, 9.17) is 5.73 Å². The van der Waals surface area contributed by atoms with E-state index >= 15 is 0 Å². The third-order valence-electron chi connectivity index (χ3n) is 2.53. The first-order valence-electron chi connectivity index (χ1n) is 5.96. The molecule has 0 aliphatic rings. The van der Waals surface area contributed by atoms with E-state index < -0.39 is 0 Å². The van der Waals surface area contributed by atoms with Crippen LogP contribution < -0.4 is 10.6 Å². The molecule has 90 valence electrons. The molecule has 0 fully saturated rings. The second kappa shape index (κ2) is 5.85. The van der Waals surface area contributed by atoms with Crippen molar-refractivity contribution in [2.45, 2.75) is 40.3 Å². The van der Waals surface area contributed by atoms with E-state index in [1.54, 1.807) is 0 Å². The van der Waals surface area contributed by atoms with Crippen molar-refractivity contribution in [3.63, 3.8) is 0 Å². The van der Waals surface area contributed by atoms with Gasteiger partial charge >= 0.3 is 0 Å². The first-order chi connectivity index (χ1) is 7.54. The minimum absolute atomic E-state index is 0.496. The van der Waals surface area contributed by atoms with Gasteiger partial charge in [0, 0.05) is 31.0 Å². The Morgan fingerprint density at radius 2 is 2.00 bits per heavy atom. The molecule has 1 aromatic heterocycles. The van der Waals surface area contributed by atoms with Gasteiger partial charge in [-0.25, -0.2) is 0 Å². The standard InChI is InChI=1S/C13H23N3/c1-10(2)9-16(11(3)4)13-5-6-15-12(7-13)8-14/h5-7,10-11H,8-9,14H2,1-4H3. The van der Waals surface area contributed by atoms with E-state index in [0.717, 1.165) is 12.2 Å². The van der Waals surface area contributed by atoms with Gasteiger partial charge in [-0.2, -0.15) is 0 Å². The zero-order chi connectivity index (χ0) is 12.1. The number of hydrogen-bond acceptors (Lipinski definition) is 3. The number of nitrogens with zero attached hydrogens (tertiary/aromatic N) is 2. The lowest BCUT2D eigenvalue weighted by molar-refractivity contribution is 0.570. The van der Waals surface area contributed by atoms with Crippen LogP contribution in [0.5, 0.6) is 0 Å². The average molecular weight is 221 g/mol. The lowest BCUT2D eigenvalue weighted by Gasteiger charge is -2.30. The summed E-state index contributed by atoms with van der Waals surface area (Å²) in [5.41, 5.74) is 7.79. The summed E-state index contributed by atoms with van der Waals surface area (Å²) in [7, 11) is 0. The molecule has 16 heavy (non-hydrogen) atoms. The number of hydrogen-bond donors (Lipinski definition) is 1. The zero-order valence-corrected chi connectivity index (χ0v) is 10.8. The molecule has 3 nitrogen and oxygen atoms in total. The summed E-state index contributed by atoms with van der Waals surface area (Å²) < 4.78 is 0. The van der Waals surface area contributed by atoms with E-state index in [1.807, 2.05) is 6.20 Å². The number of aromatic nitrogens is 1. The maximum absolute atomic E-state index is 5.62. The zero-order valence-electron chi connectivity index (χ0n) is 10.8. The monoisotopic (exact) mass is 221 g/mol. The Morgan fingerprint density at radius 3 is 2.50 bits per heavy atom. The minimum atomic E-state index is 0.496. The lowest BCUT2D eigenvalue weighted by Crippen LogP contribution is -2.34. The van der Waals surface area contributed by atoms with E-state index in [-0.39, 0.29) is 0 Å². The Labute approximate surface area is 98.7 Å². The summed E-state index contributed by atoms with van der Waals surface area (Å²) in [6.07, 6.45) is 1.84. The first-order valence-corrected chi connectivity index (χ1v) is 5.96. The molecule has 1 aromatic rings. The van der Waals surface area contributed by atoms with Gasteiger partial charge in [-0.3, -0.25) is 4.98 Å². The predicted octanol–water partition coefficient (Wildman–Crippen LogP) is 2.41. The summed E-state index contributed by atoms with van der Waals surface area (Å²) in [5.74, 6) is 0.650. The van der Waals surface area contributed by atoms with Crippen molar-refractivity contribution in [3.8, 4) is 0 Å². The highest BCUT2D eigenvalue weighted by atomic mass is 15.2. The quantitative estimate of drug-likeness (QED) is 0.830. The third kappa shape index (κ3) is 3.49. The Kier molecular flexibility index (Phi) is 4.74. The van der Waals surface area contributed by atoms with Gasteiger partial charge in [0.05, 0.1) is 5.69 Å². The molecule has 0 radical (unpaired) electrons. The SMILES string of the molecule is CC(C)CN(c1ccnc(CN)c1)C(C)C. The molecule has 0 unspecified atom stereocenters. The van der Waals surface area contributed by atoms with E-state index in [0.29, 0.717) is 18.5 Å². The third-order valence-corrected chi connectivity index (χ3v) is 2.53. The summed E-state index contributed by atoms with van der Waals surface area (Å²) in [6, 6.07) is 4.64. The maximum Gasteiger partial charge on any atom is 0.0560 e. The van der Waals surface area contributed by atoms with Gasteiger partial charge in [-0.1, -0.05) is 13.8 Å². The summed E-state index contributed by atoms with van der Waals surface area (Å²) in [6.45, 7) is 10.5. The summed E-state index contributed by atoms with van der Waals surface area (Å²) in [5, 5.41) is 0. The minimum Gasteiger partial charge on any atom is -0.369 e. The molecule has 3 heteroatoms. The van der Waals surface area contributed by atoms with Gasteiger partial charge in [0.2, 0.25) is 0 Å². The maximum atomic E-state index is 5.62. The van der Waals surface area contributed by atoms with Gasteiger partial charge < -0.3 is 10.6 Å². The Bertz CT molecular complexity index is 321. The molecule has 0 bridgehead atoms. The van der Waals surface area contributed by atoms with Crippen LogP contribution in [0.4, 0.5) is 5.69 Å². The van der Waals surface area contributed by atoms with Gasteiger partial charge in [0.25, 0.3) is 0 Å². The molecule has 2 N–H and O–H groups in total. The molecule has 0 aliphatic carbocycles. The summed E-state index contributed by atoms with van der Waals surface area (Å²) in [4.78, 5) is 6.62. The molecule has 0 saturated carbocycles. The predicted molar refractivity (Wildman–Crippen MR) is 69.4 cm³/mol. The summed E-state index contributed by atoms with van der Waals surface area (Å²) >= 11 is 0. The molecule has 1 heterocycles. The van der Waals surface area contributed by atoms with Crippen LogP contribution >= 0.6 is 0 Å². The number of nitrogens with two attached hydrogens (primary N) is 1. The normalized spacial score (nSPS) is 11.2. The molecule has 0 atom stereocenters. The van der Waals surface area contributed by atoms with Crippen LogP contribution in [0.15, 0.2) is 18.3 Å². The van der Waals surface area contributed by atoms with Crippen molar-refractivity contribution < 1.29 is 0 Å². The van der Waals surface area contributed by atoms with Crippen molar-refractivity contribution in [1.29, 1.82) is 0 Å². The van der Waals surface area contributed by atoms with E-state index in [1.165, 1.54) is 5.69 Å². The van der Waals surface area contributed by atoms with E-state index in [2.05, 4.69) is 49.7 Å². The highest BCUT2D eigenvalue weighted by molar-refractivity contribution is 5.47. The van der Waals surface area contributed by atoms with E-state index in [9.17, 15) is 0 Å². The van der Waals surface area contributed by atoms with Crippen LogP contribution in [0.2, 0.25) is 0 Å². The second-order valence-electron chi connectivity index (χ2n) is 4.85. The number of anilines is 1. The fourth-order valence-corrected chi connectivity index (χ4v) is 1.76. The fourth-order valence-electron chi connectivity index (χ4n) is 1.76. The van der Waals surface area contributed by atoms with Gasteiger partial charge in [-0.05, 0) is 31.9 Å². The smallest absolute Gasteiger partial charge is 0.0560 e. The number of pyridine rings is 1. The van der Waals surface area contributed by atoms with Crippen LogP contribution in [0, 0.1) is 5.92 Å². The molecule has 0 saturated heterocycles. The van der Waals surface area contributed by atoms with Crippen LogP contribution in [0.3, 0.4) is 0 Å². The molecule has 1 rings (SSSR count).